The van der Waals surface area contributed by atoms with Crippen molar-refractivity contribution in [3.63, 3.8) is 0 Å². The molecule has 1 aliphatic rings. The molecular formula is C24H25FIrN-. The standard InChI is InChI=1S/C24H25FN.Ir/c1-22(2)18-11-17(12-19(25)21(18)23(3,4)24(22,5)6)20-13-15-9-7-8-10-16(15)14-26-20;/h7-11,13-14H,1-6H3;/q-1;. The topological polar surface area (TPSA) is 12.9 Å². The minimum atomic E-state index is -0.262. The van der Waals surface area contributed by atoms with E-state index in [0.717, 1.165) is 33.2 Å². The van der Waals surface area contributed by atoms with Gasteiger partial charge in [0.05, 0.1) is 0 Å². The van der Waals surface area contributed by atoms with Crippen LogP contribution in [0, 0.1) is 17.3 Å². The van der Waals surface area contributed by atoms with E-state index in [0.29, 0.717) is 0 Å². The van der Waals surface area contributed by atoms with Crippen molar-refractivity contribution in [2.75, 3.05) is 0 Å². The van der Waals surface area contributed by atoms with Crippen LogP contribution in [0.5, 0.6) is 0 Å². The third kappa shape index (κ3) is 2.62. The molecule has 0 bridgehead atoms. The van der Waals surface area contributed by atoms with E-state index in [1.54, 1.807) is 0 Å². The van der Waals surface area contributed by atoms with Gasteiger partial charge in [-0.2, -0.15) is 0 Å². The molecule has 4 rings (SSSR count). The molecule has 1 aliphatic carbocycles. The summed E-state index contributed by atoms with van der Waals surface area (Å²) in [5.74, 6) is -0.240. The minimum Gasteiger partial charge on any atom is -0.304 e. The number of rotatable bonds is 1. The first kappa shape index (κ1) is 20.2. The van der Waals surface area contributed by atoms with Crippen LogP contribution in [0.3, 0.4) is 0 Å². The van der Waals surface area contributed by atoms with Gasteiger partial charge >= 0.3 is 0 Å². The molecule has 27 heavy (non-hydrogen) atoms. The first-order valence-electron chi connectivity index (χ1n) is 9.19. The first-order valence-corrected chi connectivity index (χ1v) is 9.19. The van der Waals surface area contributed by atoms with Crippen LogP contribution < -0.4 is 0 Å². The van der Waals surface area contributed by atoms with Crippen molar-refractivity contribution in [3.8, 4) is 11.3 Å². The maximum Gasteiger partial charge on any atom is 0.0445 e. The molecule has 143 valence electrons. The molecule has 2 aromatic carbocycles. The molecule has 0 spiro atoms. The van der Waals surface area contributed by atoms with Crippen LogP contribution in [0.2, 0.25) is 0 Å². The average Bonchev–Trinajstić information content (AvgIpc) is 2.69. The quantitative estimate of drug-likeness (QED) is 0.325. The van der Waals surface area contributed by atoms with Crippen LogP contribution in [0.15, 0.2) is 42.6 Å². The Balaban J connectivity index is 0.00000210. The molecule has 3 heteroatoms. The van der Waals surface area contributed by atoms with E-state index in [1.165, 1.54) is 0 Å². The summed E-state index contributed by atoms with van der Waals surface area (Å²) in [7, 11) is 0. The van der Waals surface area contributed by atoms with Gasteiger partial charge in [-0.25, -0.2) is 4.39 Å². The zero-order valence-electron chi connectivity index (χ0n) is 16.7. The first-order chi connectivity index (χ1) is 12.1. The Labute approximate surface area is 174 Å². The maximum absolute atomic E-state index is 15.2. The number of hydrogen-bond acceptors (Lipinski definition) is 1. The van der Waals surface area contributed by atoms with Crippen molar-refractivity contribution in [1.29, 1.82) is 0 Å². The van der Waals surface area contributed by atoms with Gasteiger partial charge in [0.1, 0.15) is 0 Å². The second-order valence-corrected chi connectivity index (χ2v) is 9.08. The van der Waals surface area contributed by atoms with E-state index in [1.807, 2.05) is 30.5 Å². The van der Waals surface area contributed by atoms with Crippen LogP contribution in [0.25, 0.3) is 22.0 Å². The molecule has 1 nitrogen and oxygen atoms in total. The molecule has 0 saturated heterocycles. The van der Waals surface area contributed by atoms with Gasteiger partial charge in [0.25, 0.3) is 0 Å². The van der Waals surface area contributed by atoms with Crippen LogP contribution in [0.4, 0.5) is 4.39 Å². The number of aromatic nitrogens is 1. The summed E-state index contributed by atoms with van der Waals surface area (Å²) in [6.07, 6.45) is 1.85. The van der Waals surface area contributed by atoms with Crippen LogP contribution in [-0.4, -0.2) is 4.98 Å². The van der Waals surface area contributed by atoms with Crippen LogP contribution in [-0.2, 0) is 30.9 Å². The molecule has 1 heterocycles. The second-order valence-electron chi connectivity index (χ2n) is 9.08. The monoisotopic (exact) mass is 539 g/mol. The van der Waals surface area contributed by atoms with E-state index in [9.17, 15) is 0 Å². The third-order valence-electron chi connectivity index (χ3n) is 7.35. The molecule has 0 unspecified atom stereocenters. The third-order valence-corrected chi connectivity index (χ3v) is 7.35. The largest absolute Gasteiger partial charge is 0.304 e. The zero-order valence-corrected chi connectivity index (χ0v) is 19.1. The maximum atomic E-state index is 15.2. The molecule has 0 amide bonds. The predicted octanol–water partition coefficient (Wildman–Crippen LogP) is 6.43. The molecule has 1 radical (unpaired) electrons. The van der Waals surface area contributed by atoms with Gasteiger partial charge in [-0.15, -0.1) is 23.3 Å². The molecule has 0 atom stereocenters. The number of hydrogen-bond donors (Lipinski definition) is 0. The summed E-state index contributed by atoms with van der Waals surface area (Å²) < 4.78 is 15.2. The van der Waals surface area contributed by atoms with Crippen molar-refractivity contribution in [1.82, 2.24) is 4.98 Å². The SMILES string of the molecule is CC1(C)c2cc(-c3cc4ccccc4cn3)[c-]c(F)c2C(C)(C)C1(C)C.[Ir]. The fourth-order valence-corrected chi connectivity index (χ4v) is 4.45. The van der Waals surface area contributed by atoms with Crippen LogP contribution in [0.1, 0.15) is 52.7 Å². The number of pyridine rings is 1. The number of fused-ring (bicyclic) bond motifs is 2. The van der Waals surface area contributed by atoms with E-state index in [4.69, 9.17) is 0 Å². The molecule has 0 N–H and O–H groups in total. The summed E-state index contributed by atoms with van der Waals surface area (Å²) in [6, 6.07) is 15.2. The molecular weight excluding hydrogens is 513 g/mol. The summed E-state index contributed by atoms with van der Waals surface area (Å²) in [5.41, 5.74) is 2.89. The Morgan fingerprint density at radius 2 is 1.52 bits per heavy atom. The van der Waals surface area contributed by atoms with Crippen molar-refractivity contribution in [2.45, 2.75) is 52.4 Å². The van der Waals surface area contributed by atoms with Crippen LogP contribution >= 0.6 is 0 Å². The molecule has 0 aliphatic heterocycles. The Morgan fingerprint density at radius 3 is 2.19 bits per heavy atom. The Kier molecular flexibility index (Phi) is 4.65. The number of nitrogens with zero attached hydrogens (tertiary/aromatic N) is 1. The van der Waals surface area contributed by atoms with Gasteiger partial charge in [0.2, 0.25) is 0 Å². The molecule has 1 aromatic heterocycles. The average molecular weight is 539 g/mol. The van der Waals surface area contributed by atoms with Crippen molar-refractivity contribution >= 4 is 10.8 Å². The second kappa shape index (κ2) is 6.22. The fourth-order valence-electron chi connectivity index (χ4n) is 4.45. The zero-order chi connectivity index (χ0) is 18.9. The van der Waals surface area contributed by atoms with Crippen molar-refractivity contribution in [2.24, 2.45) is 5.41 Å². The van der Waals surface area contributed by atoms with Gasteiger partial charge in [0.15, 0.2) is 0 Å². The van der Waals surface area contributed by atoms with Gasteiger partial charge in [-0.1, -0.05) is 77.4 Å². The van der Waals surface area contributed by atoms with Crippen molar-refractivity contribution < 1.29 is 24.5 Å². The number of halogens is 1. The Hall–Kier alpha value is -1.57. The fraction of sp³-hybridized carbons (Fsp3) is 0.375. The molecule has 0 saturated carbocycles. The normalized spacial score (nSPS) is 18.8. The van der Waals surface area contributed by atoms with E-state index >= 15 is 4.39 Å². The Morgan fingerprint density at radius 1 is 0.889 bits per heavy atom. The van der Waals surface area contributed by atoms with E-state index in [2.05, 4.69) is 64.7 Å². The summed E-state index contributed by atoms with van der Waals surface area (Å²) in [4.78, 5) is 4.57. The minimum absolute atomic E-state index is 0. The number of benzene rings is 2. The molecule has 0 fully saturated rings. The van der Waals surface area contributed by atoms with Gasteiger partial charge in [-0.05, 0) is 32.7 Å². The van der Waals surface area contributed by atoms with E-state index < -0.39 is 0 Å². The summed E-state index contributed by atoms with van der Waals surface area (Å²) in [6.45, 7) is 13.2. The van der Waals surface area contributed by atoms with E-state index in [-0.39, 0.29) is 42.2 Å². The predicted molar refractivity (Wildman–Crippen MR) is 106 cm³/mol. The smallest absolute Gasteiger partial charge is 0.0445 e. The Bertz CT molecular complexity index is 1030. The summed E-state index contributed by atoms with van der Waals surface area (Å²) in [5, 5.41) is 2.19. The van der Waals surface area contributed by atoms with Gasteiger partial charge in [0, 0.05) is 32.1 Å². The van der Waals surface area contributed by atoms with Crippen molar-refractivity contribution in [3.05, 3.63) is 65.6 Å². The van der Waals surface area contributed by atoms with Gasteiger partial charge < -0.3 is 4.98 Å². The summed E-state index contributed by atoms with van der Waals surface area (Å²) >= 11 is 0. The van der Waals surface area contributed by atoms with Gasteiger partial charge in [-0.3, -0.25) is 0 Å². The molecule has 3 aromatic rings.